The molecule has 25 heavy (non-hydrogen) atoms. The minimum Gasteiger partial charge on any atom is -0.351 e. The maximum Gasteiger partial charge on any atom is 0.240 e. The van der Waals surface area contributed by atoms with Crippen LogP contribution in [0.1, 0.15) is 29.5 Å². The third kappa shape index (κ3) is 3.66. The summed E-state index contributed by atoms with van der Waals surface area (Å²) in [4.78, 5) is 29.2. The van der Waals surface area contributed by atoms with E-state index >= 15 is 0 Å². The quantitative estimate of drug-likeness (QED) is 0.806. The molecule has 1 aliphatic rings. The number of anilines is 1. The normalized spacial score (nSPS) is 14.7. The first-order chi connectivity index (χ1) is 11.9. The first kappa shape index (κ1) is 17.4. The fourth-order valence-corrected chi connectivity index (χ4v) is 3.21. The van der Waals surface area contributed by atoms with Gasteiger partial charge < -0.3 is 10.6 Å². The van der Waals surface area contributed by atoms with E-state index in [1.54, 1.807) is 18.5 Å². The molecular weight excluding hydrogens is 338 g/mol. The molecule has 2 amide bonds. The standard InChI is InChI=1S/C19H20ClN3O2/c1-12-8-13(2)16(15(20)9-12)23-18(25)19(5-6-19)17(24)22-11-14-4-3-7-21-10-14/h3-4,7-10H,5-6,11H2,1-2H3,(H,22,24)(H,23,25). The highest BCUT2D eigenvalue weighted by atomic mass is 35.5. The number of halogens is 1. The van der Waals surface area contributed by atoms with E-state index in [1.165, 1.54) is 0 Å². The molecule has 1 aromatic carbocycles. The molecule has 3 rings (SSSR count). The van der Waals surface area contributed by atoms with Crippen LogP contribution in [0.2, 0.25) is 5.02 Å². The number of benzene rings is 1. The van der Waals surface area contributed by atoms with E-state index in [2.05, 4.69) is 15.6 Å². The van der Waals surface area contributed by atoms with E-state index in [9.17, 15) is 9.59 Å². The first-order valence-corrected chi connectivity index (χ1v) is 8.55. The Morgan fingerprint density at radius 2 is 2.00 bits per heavy atom. The SMILES string of the molecule is Cc1cc(C)c(NC(=O)C2(C(=O)NCc3cccnc3)CC2)c(Cl)c1. The number of rotatable bonds is 5. The smallest absolute Gasteiger partial charge is 0.240 e. The van der Waals surface area contributed by atoms with Crippen molar-refractivity contribution in [3.05, 3.63) is 58.4 Å². The number of pyridine rings is 1. The average Bonchev–Trinajstić information content (AvgIpc) is 3.38. The molecule has 2 aromatic rings. The topological polar surface area (TPSA) is 71.1 Å². The molecule has 0 unspecified atom stereocenters. The number of hydrogen-bond acceptors (Lipinski definition) is 3. The monoisotopic (exact) mass is 357 g/mol. The van der Waals surface area contributed by atoms with Crippen LogP contribution in [0.5, 0.6) is 0 Å². The van der Waals surface area contributed by atoms with Crippen LogP contribution in [-0.4, -0.2) is 16.8 Å². The van der Waals surface area contributed by atoms with E-state index in [1.807, 2.05) is 32.0 Å². The molecule has 1 fully saturated rings. The van der Waals surface area contributed by atoms with E-state index in [4.69, 9.17) is 11.6 Å². The Hall–Kier alpha value is -2.40. The fraction of sp³-hybridized carbons (Fsp3) is 0.316. The molecule has 0 saturated heterocycles. The van der Waals surface area contributed by atoms with Gasteiger partial charge in [-0.3, -0.25) is 14.6 Å². The van der Waals surface area contributed by atoms with Gasteiger partial charge in [-0.05, 0) is 55.5 Å². The van der Waals surface area contributed by atoms with Gasteiger partial charge in [-0.15, -0.1) is 0 Å². The van der Waals surface area contributed by atoms with Crippen molar-refractivity contribution in [2.45, 2.75) is 33.2 Å². The number of aromatic nitrogens is 1. The highest BCUT2D eigenvalue weighted by Crippen LogP contribution is 2.47. The van der Waals surface area contributed by atoms with Gasteiger partial charge in [-0.1, -0.05) is 23.7 Å². The molecule has 130 valence electrons. The lowest BCUT2D eigenvalue weighted by molar-refractivity contribution is -0.134. The Labute approximate surface area is 151 Å². The number of aryl methyl sites for hydroxylation is 2. The van der Waals surface area contributed by atoms with Crippen molar-refractivity contribution in [2.75, 3.05) is 5.32 Å². The van der Waals surface area contributed by atoms with Crippen molar-refractivity contribution >= 4 is 29.1 Å². The highest BCUT2D eigenvalue weighted by Gasteiger charge is 2.56. The Bertz CT molecular complexity index is 794. The van der Waals surface area contributed by atoms with Crippen LogP contribution in [-0.2, 0) is 16.1 Å². The summed E-state index contributed by atoms with van der Waals surface area (Å²) in [5, 5.41) is 6.16. The van der Waals surface area contributed by atoms with Gasteiger partial charge in [-0.25, -0.2) is 0 Å². The molecule has 1 saturated carbocycles. The minimum absolute atomic E-state index is 0.255. The van der Waals surface area contributed by atoms with Crippen LogP contribution in [0.25, 0.3) is 0 Å². The minimum atomic E-state index is -0.997. The molecule has 0 atom stereocenters. The summed E-state index contributed by atoms with van der Waals surface area (Å²) in [6.07, 6.45) is 4.45. The van der Waals surface area contributed by atoms with Crippen LogP contribution in [0.4, 0.5) is 5.69 Å². The van der Waals surface area contributed by atoms with Crippen LogP contribution < -0.4 is 10.6 Å². The van der Waals surface area contributed by atoms with Crippen LogP contribution in [0.3, 0.4) is 0 Å². The van der Waals surface area contributed by atoms with Crippen molar-refractivity contribution in [1.82, 2.24) is 10.3 Å². The molecule has 2 N–H and O–H groups in total. The lowest BCUT2D eigenvalue weighted by Gasteiger charge is -2.17. The molecule has 1 aliphatic carbocycles. The zero-order valence-electron chi connectivity index (χ0n) is 14.2. The summed E-state index contributed by atoms with van der Waals surface area (Å²) in [6.45, 7) is 4.18. The number of carbonyl (C=O) groups is 2. The van der Waals surface area contributed by atoms with Crippen molar-refractivity contribution in [3.8, 4) is 0 Å². The van der Waals surface area contributed by atoms with Crippen LogP contribution in [0, 0.1) is 19.3 Å². The van der Waals surface area contributed by atoms with Crippen molar-refractivity contribution in [1.29, 1.82) is 0 Å². The summed E-state index contributed by atoms with van der Waals surface area (Å²) in [5.74, 6) is -0.556. The number of amides is 2. The van der Waals surface area contributed by atoms with Gasteiger partial charge in [0.05, 0.1) is 10.7 Å². The maximum absolute atomic E-state index is 12.7. The number of carbonyl (C=O) groups excluding carboxylic acids is 2. The van der Waals surface area contributed by atoms with Gasteiger partial charge in [0, 0.05) is 18.9 Å². The maximum atomic E-state index is 12.7. The summed E-state index contributed by atoms with van der Waals surface area (Å²) in [6, 6.07) is 7.43. The first-order valence-electron chi connectivity index (χ1n) is 8.18. The fourth-order valence-electron chi connectivity index (χ4n) is 2.84. The van der Waals surface area contributed by atoms with Crippen molar-refractivity contribution in [2.24, 2.45) is 5.41 Å². The van der Waals surface area contributed by atoms with E-state index in [-0.39, 0.29) is 11.8 Å². The summed E-state index contributed by atoms with van der Waals surface area (Å²) in [5.41, 5.74) is 2.37. The second-order valence-corrected chi connectivity index (χ2v) is 6.93. The number of nitrogens with zero attached hydrogens (tertiary/aromatic N) is 1. The summed E-state index contributed by atoms with van der Waals surface area (Å²) in [7, 11) is 0. The van der Waals surface area contributed by atoms with E-state index < -0.39 is 5.41 Å². The van der Waals surface area contributed by atoms with E-state index in [0.29, 0.717) is 30.1 Å². The second-order valence-electron chi connectivity index (χ2n) is 6.52. The van der Waals surface area contributed by atoms with Gasteiger partial charge in [-0.2, -0.15) is 0 Å². The average molecular weight is 358 g/mol. The lowest BCUT2D eigenvalue weighted by Crippen LogP contribution is -2.39. The molecule has 0 aliphatic heterocycles. The predicted molar refractivity (Wildman–Crippen MR) is 97.3 cm³/mol. The predicted octanol–water partition coefficient (Wildman–Crippen LogP) is 3.39. The molecular formula is C19H20ClN3O2. The van der Waals surface area contributed by atoms with Crippen LogP contribution in [0.15, 0.2) is 36.7 Å². The molecule has 1 heterocycles. The zero-order valence-corrected chi connectivity index (χ0v) is 15.0. The lowest BCUT2D eigenvalue weighted by atomic mass is 10.0. The van der Waals surface area contributed by atoms with Crippen LogP contribution >= 0.6 is 11.6 Å². The Kier molecular flexibility index (Phi) is 4.77. The molecule has 0 bridgehead atoms. The van der Waals surface area contributed by atoms with Crippen molar-refractivity contribution in [3.63, 3.8) is 0 Å². The second kappa shape index (κ2) is 6.84. The van der Waals surface area contributed by atoms with E-state index in [0.717, 1.165) is 16.7 Å². The highest BCUT2D eigenvalue weighted by molar-refractivity contribution is 6.34. The summed E-state index contributed by atoms with van der Waals surface area (Å²) >= 11 is 6.25. The van der Waals surface area contributed by atoms with Gasteiger partial charge in [0.2, 0.25) is 11.8 Å². The van der Waals surface area contributed by atoms with Gasteiger partial charge in [0.15, 0.2) is 0 Å². The van der Waals surface area contributed by atoms with Gasteiger partial charge >= 0.3 is 0 Å². The number of hydrogen-bond donors (Lipinski definition) is 2. The Morgan fingerprint density at radius 3 is 2.60 bits per heavy atom. The third-order valence-corrected chi connectivity index (χ3v) is 4.76. The molecule has 1 aromatic heterocycles. The Balaban J connectivity index is 1.68. The molecule has 0 spiro atoms. The van der Waals surface area contributed by atoms with Gasteiger partial charge in [0.25, 0.3) is 0 Å². The van der Waals surface area contributed by atoms with Crippen molar-refractivity contribution < 1.29 is 9.59 Å². The molecule has 0 radical (unpaired) electrons. The molecule has 6 heteroatoms. The largest absolute Gasteiger partial charge is 0.351 e. The van der Waals surface area contributed by atoms with Gasteiger partial charge in [0.1, 0.15) is 5.41 Å². The Morgan fingerprint density at radius 1 is 1.24 bits per heavy atom. The molecule has 5 nitrogen and oxygen atoms in total. The summed E-state index contributed by atoms with van der Waals surface area (Å²) < 4.78 is 0. The third-order valence-electron chi connectivity index (χ3n) is 4.47. The number of nitrogens with one attached hydrogen (secondary N) is 2. The zero-order chi connectivity index (χ0) is 18.0.